The number of nitrogens with zero attached hydrogens (tertiary/aromatic N) is 2. The first-order valence-corrected chi connectivity index (χ1v) is 4.03. The molecule has 4 nitrogen and oxygen atoms in total. The lowest BCUT2D eigenvalue weighted by molar-refractivity contribution is 0.785. The Morgan fingerprint density at radius 2 is 2.00 bits per heavy atom. The van der Waals surface area contributed by atoms with Crippen LogP contribution in [0, 0.1) is 0 Å². The Morgan fingerprint density at radius 1 is 1.31 bits per heavy atom. The SMILES string of the molecule is O=c1cn[nH]n1-c1ccc(Cl)cc1. The van der Waals surface area contributed by atoms with Crippen LogP contribution >= 0.6 is 11.6 Å². The molecule has 1 aromatic heterocycles. The number of rotatable bonds is 1. The molecule has 0 aliphatic rings. The second kappa shape index (κ2) is 3.06. The van der Waals surface area contributed by atoms with Crippen molar-refractivity contribution in [3.63, 3.8) is 0 Å². The molecule has 5 heteroatoms. The number of aromatic nitrogens is 3. The van der Waals surface area contributed by atoms with Gasteiger partial charge in [-0.05, 0) is 24.3 Å². The molecule has 0 aliphatic carbocycles. The first kappa shape index (κ1) is 8.07. The molecule has 0 spiro atoms. The highest BCUT2D eigenvalue weighted by Crippen LogP contribution is 2.10. The van der Waals surface area contributed by atoms with Gasteiger partial charge in [-0.25, -0.2) is 9.90 Å². The van der Waals surface area contributed by atoms with Crippen molar-refractivity contribution >= 4 is 11.6 Å². The Kier molecular flexibility index (Phi) is 1.90. The molecule has 2 aromatic rings. The first-order chi connectivity index (χ1) is 6.27. The maximum Gasteiger partial charge on any atom is 0.291 e. The Bertz CT molecular complexity index is 457. The monoisotopic (exact) mass is 195 g/mol. The van der Waals surface area contributed by atoms with Gasteiger partial charge in [-0.15, -0.1) is 0 Å². The fourth-order valence-corrected chi connectivity index (χ4v) is 1.15. The van der Waals surface area contributed by atoms with E-state index in [9.17, 15) is 4.79 Å². The third-order valence-corrected chi connectivity index (χ3v) is 1.89. The van der Waals surface area contributed by atoms with Gasteiger partial charge in [0.1, 0.15) is 6.20 Å². The molecule has 0 amide bonds. The largest absolute Gasteiger partial charge is 0.291 e. The molecule has 0 aliphatic heterocycles. The number of hydrogen-bond donors (Lipinski definition) is 1. The fraction of sp³-hybridized carbons (Fsp3) is 0. The summed E-state index contributed by atoms with van der Waals surface area (Å²) in [6, 6.07) is 6.90. The van der Waals surface area contributed by atoms with Crippen molar-refractivity contribution in [2.24, 2.45) is 0 Å². The Morgan fingerprint density at radius 3 is 2.54 bits per heavy atom. The van der Waals surface area contributed by atoms with Crippen LogP contribution in [0.25, 0.3) is 5.69 Å². The van der Waals surface area contributed by atoms with E-state index in [2.05, 4.69) is 10.3 Å². The maximum atomic E-state index is 11.1. The smallest absolute Gasteiger partial charge is 0.266 e. The number of nitrogens with one attached hydrogen (secondary N) is 1. The average Bonchev–Trinajstić information content (AvgIpc) is 2.53. The molecule has 0 saturated carbocycles. The average molecular weight is 196 g/mol. The number of benzene rings is 1. The van der Waals surface area contributed by atoms with E-state index in [1.165, 1.54) is 10.9 Å². The van der Waals surface area contributed by atoms with Gasteiger partial charge in [0.25, 0.3) is 5.56 Å². The summed E-state index contributed by atoms with van der Waals surface area (Å²) >= 11 is 5.70. The molecule has 0 bridgehead atoms. The van der Waals surface area contributed by atoms with E-state index >= 15 is 0 Å². The van der Waals surface area contributed by atoms with Crippen LogP contribution in [0.2, 0.25) is 5.02 Å². The highest BCUT2D eigenvalue weighted by molar-refractivity contribution is 6.30. The first-order valence-electron chi connectivity index (χ1n) is 3.66. The quantitative estimate of drug-likeness (QED) is 0.744. The lowest BCUT2D eigenvalue weighted by Crippen LogP contribution is -2.13. The van der Waals surface area contributed by atoms with E-state index < -0.39 is 0 Å². The van der Waals surface area contributed by atoms with Gasteiger partial charge in [0, 0.05) is 5.02 Å². The molecule has 2 rings (SSSR count). The van der Waals surface area contributed by atoms with Crippen molar-refractivity contribution < 1.29 is 0 Å². The van der Waals surface area contributed by atoms with E-state index in [1.807, 2.05) is 0 Å². The molecule has 0 saturated heterocycles. The van der Waals surface area contributed by atoms with Crippen LogP contribution in [-0.4, -0.2) is 15.0 Å². The van der Waals surface area contributed by atoms with Crippen molar-refractivity contribution in [3.05, 3.63) is 45.8 Å². The predicted octanol–water partition coefficient (Wildman–Crippen LogP) is 1.21. The zero-order valence-electron chi connectivity index (χ0n) is 6.57. The minimum atomic E-state index is -0.192. The van der Waals surface area contributed by atoms with Crippen LogP contribution in [-0.2, 0) is 0 Å². The molecule has 0 radical (unpaired) electrons. The molecule has 66 valence electrons. The lowest BCUT2D eigenvalue weighted by atomic mass is 10.3. The van der Waals surface area contributed by atoms with Gasteiger partial charge in [0.15, 0.2) is 0 Å². The van der Waals surface area contributed by atoms with Crippen LogP contribution in [0.5, 0.6) is 0 Å². The van der Waals surface area contributed by atoms with Gasteiger partial charge in [0.05, 0.1) is 5.69 Å². The molecule has 0 fully saturated rings. The van der Waals surface area contributed by atoms with Gasteiger partial charge >= 0.3 is 0 Å². The summed E-state index contributed by atoms with van der Waals surface area (Å²) in [5, 5.41) is 6.80. The molecular weight excluding hydrogens is 190 g/mol. The zero-order valence-corrected chi connectivity index (χ0v) is 7.32. The molecule has 0 unspecified atom stereocenters. The zero-order chi connectivity index (χ0) is 9.26. The molecule has 1 aromatic carbocycles. The van der Waals surface area contributed by atoms with E-state index in [-0.39, 0.29) is 5.56 Å². The van der Waals surface area contributed by atoms with Crippen molar-refractivity contribution in [3.8, 4) is 5.69 Å². The number of hydrogen-bond acceptors (Lipinski definition) is 2. The predicted molar refractivity (Wildman–Crippen MR) is 49.2 cm³/mol. The lowest BCUT2D eigenvalue weighted by Gasteiger charge is -1.98. The number of H-pyrrole nitrogens is 1. The summed E-state index contributed by atoms with van der Waals surface area (Å²) < 4.78 is 1.33. The third kappa shape index (κ3) is 1.48. The van der Waals surface area contributed by atoms with Crippen LogP contribution in [0.15, 0.2) is 35.3 Å². The second-order valence-electron chi connectivity index (χ2n) is 2.51. The van der Waals surface area contributed by atoms with Gasteiger partial charge < -0.3 is 0 Å². The van der Waals surface area contributed by atoms with Crippen LogP contribution in [0.3, 0.4) is 0 Å². The highest BCUT2D eigenvalue weighted by Gasteiger charge is 1.99. The van der Waals surface area contributed by atoms with E-state index in [0.717, 1.165) is 0 Å². The molecular formula is C8H6ClN3O. The fourth-order valence-electron chi connectivity index (χ4n) is 1.02. The van der Waals surface area contributed by atoms with Crippen LogP contribution in [0.1, 0.15) is 0 Å². The Balaban J connectivity index is 2.54. The summed E-state index contributed by atoms with van der Waals surface area (Å²) in [7, 11) is 0. The van der Waals surface area contributed by atoms with Crippen molar-refractivity contribution in [1.82, 2.24) is 15.0 Å². The van der Waals surface area contributed by atoms with Crippen LogP contribution in [0.4, 0.5) is 0 Å². The molecule has 1 heterocycles. The summed E-state index contributed by atoms with van der Waals surface area (Å²) in [6.45, 7) is 0. The standard InChI is InChI=1S/C8H6ClN3O/c9-6-1-3-7(4-2-6)12-8(13)5-10-11-12/h1-5,11H. The number of halogens is 1. The minimum absolute atomic E-state index is 0.192. The summed E-state index contributed by atoms with van der Waals surface area (Å²) in [5.74, 6) is 0. The van der Waals surface area contributed by atoms with E-state index in [1.54, 1.807) is 24.3 Å². The maximum absolute atomic E-state index is 11.1. The van der Waals surface area contributed by atoms with Crippen molar-refractivity contribution in [2.45, 2.75) is 0 Å². The van der Waals surface area contributed by atoms with Crippen molar-refractivity contribution in [2.75, 3.05) is 0 Å². The molecule has 1 N–H and O–H groups in total. The summed E-state index contributed by atoms with van der Waals surface area (Å²) in [5.41, 5.74) is 0.522. The molecule has 13 heavy (non-hydrogen) atoms. The third-order valence-electron chi connectivity index (χ3n) is 1.64. The highest BCUT2D eigenvalue weighted by atomic mass is 35.5. The van der Waals surface area contributed by atoms with Gasteiger partial charge in [0.2, 0.25) is 0 Å². The van der Waals surface area contributed by atoms with Gasteiger partial charge in [-0.2, -0.15) is 5.10 Å². The Labute approximate surface area is 78.7 Å². The topological polar surface area (TPSA) is 50.7 Å². The summed E-state index contributed by atoms with van der Waals surface area (Å²) in [4.78, 5) is 11.1. The van der Waals surface area contributed by atoms with Gasteiger partial charge in [-0.1, -0.05) is 11.6 Å². The van der Waals surface area contributed by atoms with Crippen molar-refractivity contribution in [1.29, 1.82) is 0 Å². The second-order valence-corrected chi connectivity index (χ2v) is 2.94. The van der Waals surface area contributed by atoms with E-state index in [0.29, 0.717) is 10.7 Å². The Hall–Kier alpha value is -1.55. The van der Waals surface area contributed by atoms with Crippen LogP contribution < -0.4 is 5.56 Å². The van der Waals surface area contributed by atoms with Gasteiger partial charge in [-0.3, -0.25) is 4.79 Å². The minimum Gasteiger partial charge on any atom is -0.266 e. The molecule has 0 atom stereocenters. The van der Waals surface area contributed by atoms with E-state index in [4.69, 9.17) is 11.6 Å². The number of aromatic amines is 1. The normalized spacial score (nSPS) is 10.2. The summed E-state index contributed by atoms with van der Waals surface area (Å²) in [6.07, 6.45) is 1.22.